The third-order valence-corrected chi connectivity index (χ3v) is 8.28. The molecule has 0 bridgehead atoms. The summed E-state index contributed by atoms with van der Waals surface area (Å²) in [5, 5.41) is 7.00. The zero-order chi connectivity index (χ0) is 17.3. The Morgan fingerprint density at radius 1 is 0.920 bits per heavy atom. The molecule has 0 heterocycles. The van der Waals surface area contributed by atoms with Crippen LogP contribution in [-0.4, -0.2) is 15.0 Å². The quantitative estimate of drug-likeness (QED) is 0.489. The van der Waals surface area contributed by atoms with Gasteiger partial charge >= 0.3 is 0 Å². The minimum absolute atomic E-state index is 1.09. The van der Waals surface area contributed by atoms with Gasteiger partial charge in [-0.15, -0.1) is 0 Å². The van der Waals surface area contributed by atoms with Crippen LogP contribution in [0.4, 0.5) is 5.69 Å². The van der Waals surface area contributed by atoms with Gasteiger partial charge in [0.1, 0.15) is 8.80 Å². The minimum atomic E-state index is -1.22. The molecule has 1 atom stereocenters. The first-order chi connectivity index (χ1) is 12.4. The van der Waals surface area contributed by atoms with Crippen LogP contribution < -0.4 is 10.5 Å². The fourth-order valence-corrected chi connectivity index (χ4v) is 6.77. The number of hydrogen-bond donors (Lipinski definition) is 1. The molecule has 0 aliphatic heterocycles. The summed E-state index contributed by atoms with van der Waals surface area (Å²) >= 11 is 0. The molecule has 1 unspecified atom stereocenters. The largest absolute Gasteiger partial charge is 0.388 e. The number of benzene rings is 2. The highest BCUT2D eigenvalue weighted by atomic mass is 28.3. The summed E-state index contributed by atoms with van der Waals surface area (Å²) in [7, 11) is -1.22. The molecule has 1 nitrogen and oxygen atoms in total. The first-order valence-electron chi connectivity index (χ1n) is 9.60. The SMILES string of the molecule is CCCCCC1=C([SiH](CNc2ccccc2)c2ccccc2)CC=C1. The molecule has 1 aliphatic rings. The van der Waals surface area contributed by atoms with Crippen molar-refractivity contribution in [2.75, 3.05) is 11.5 Å². The van der Waals surface area contributed by atoms with Crippen LogP contribution in [0.2, 0.25) is 0 Å². The van der Waals surface area contributed by atoms with Crippen LogP contribution in [0.15, 0.2) is 83.6 Å². The van der Waals surface area contributed by atoms with Gasteiger partial charge in [0.2, 0.25) is 0 Å². The van der Waals surface area contributed by atoms with E-state index in [0.717, 1.165) is 12.6 Å². The first-order valence-corrected chi connectivity index (χ1v) is 11.6. The molecule has 1 N–H and O–H groups in total. The van der Waals surface area contributed by atoms with Crippen molar-refractivity contribution >= 4 is 19.7 Å². The zero-order valence-corrected chi connectivity index (χ0v) is 16.4. The van der Waals surface area contributed by atoms with Gasteiger partial charge in [-0.2, -0.15) is 0 Å². The summed E-state index contributed by atoms with van der Waals surface area (Å²) in [4.78, 5) is 0. The summed E-state index contributed by atoms with van der Waals surface area (Å²) in [6.07, 6.45) is 12.2. The van der Waals surface area contributed by atoms with Gasteiger partial charge in [0, 0.05) is 11.9 Å². The van der Waals surface area contributed by atoms with Gasteiger partial charge in [0.05, 0.1) is 0 Å². The summed E-state index contributed by atoms with van der Waals surface area (Å²) in [6, 6.07) is 21.8. The highest BCUT2D eigenvalue weighted by Crippen LogP contribution is 2.26. The van der Waals surface area contributed by atoms with Crippen LogP contribution in [0.3, 0.4) is 0 Å². The molecule has 0 radical (unpaired) electrons. The van der Waals surface area contributed by atoms with Gasteiger partial charge in [-0.3, -0.25) is 0 Å². The third-order valence-electron chi connectivity index (χ3n) is 5.03. The molecule has 0 spiro atoms. The molecule has 0 aromatic heterocycles. The van der Waals surface area contributed by atoms with E-state index in [4.69, 9.17) is 0 Å². The molecule has 130 valence electrons. The summed E-state index contributed by atoms with van der Waals surface area (Å²) in [6.45, 7) is 2.28. The van der Waals surface area contributed by atoms with E-state index in [9.17, 15) is 0 Å². The Labute approximate surface area is 154 Å². The Hall–Kier alpha value is -2.06. The summed E-state index contributed by atoms with van der Waals surface area (Å²) in [5.41, 5.74) is 2.86. The predicted octanol–water partition coefficient (Wildman–Crippen LogP) is 5.15. The molecular weight excluding hydrogens is 318 g/mol. The Kier molecular flexibility index (Phi) is 6.69. The van der Waals surface area contributed by atoms with Gasteiger partial charge in [0.25, 0.3) is 0 Å². The van der Waals surface area contributed by atoms with Crippen molar-refractivity contribution in [3.8, 4) is 0 Å². The normalized spacial score (nSPS) is 14.8. The molecule has 2 aromatic rings. The Balaban J connectivity index is 1.79. The number of para-hydroxylation sites is 1. The van der Waals surface area contributed by atoms with Crippen molar-refractivity contribution in [1.29, 1.82) is 0 Å². The van der Waals surface area contributed by atoms with Gasteiger partial charge in [-0.1, -0.05) is 96.4 Å². The van der Waals surface area contributed by atoms with Crippen molar-refractivity contribution in [2.45, 2.75) is 39.0 Å². The van der Waals surface area contributed by atoms with E-state index in [1.165, 1.54) is 31.4 Å². The van der Waals surface area contributed by atoms with Crippen LogP contribution >= 0.6 is 0 Å². The molecule has 0 amide bonds. The minimum Gasteiger partial charge on any atom is -0.388 e. The van der Waals surface area contributed by atoms with E-state index in [2.05, 4.69) is 85.1 Å². The highest BCUT2D eigenvalue weighted by Gasteiger charge is 2.22. The number of unbranched alkanes of at least 4 members (excludes halogenated alkanes) is 2. The lowest BCUT2D eigenvalue weighted by Gasteiger charge is -2.21. The van der Waals surface area contributed by atoms with Crippen molar-refractivity contribution in [2.24, 2.45) is 0 Å². The highest BCUT2D eigenvalue weighted by molar-refractivity contribution is 6.80. The second kappa shape index (κ2) is 9.43. The topological polar surface area (TPSA) is 12.0 Å². The van der Waals surface area contributed by atoms with Crippen molar-refractivity contribution in [3.63, 3.8) is 0 Å². The monoisotopic (exact) mass is 347 g/mol. The van der Waals surface area contributed by atoms with E-state index >= 15 is 0 Å². The Bertz CT molecular complexity index is 703. The first kappa shape index (κ1) is 17.8. The van der Waals surface area contributed by atoms with E-state index in [0.29, 0.717) is 0 Å². The lowest BCUT2D eigenvalue weighted by atomic mass is 10.1. The molecule has 2 aromatic carbocycles. The summed E-state index contributed by atoms with van der Waals surface area (Å²) < 4.78 is 0. The smallest absolute Gasteiger partial charge is 0.118 e. The van der Waals surface area contributed by atoms with E-state index in [1.807, 2.05) is 0 Å². The molecule has 2 heteroatoms. The van der Waals surface area contributed by atoms with E-state index in [-0.39, 0.29) is 0 Å². The molecule has 0 saturated carbocycles. The second-order valence-electron chi connectivity index (χ2n) is 6.82. The van der Waals surface area contributed by atoms with Crippen molar-refractivity contribution < 1.29 is 0 Å². The molecule has 25 heavy (non-hydrogen) atoms. The maximum absolute atomic E-state index is 3.71. The number of hydrogen-bond acceptors (Lipinski definition) is 1. The van der Waals surface area contributed by atoms with Gasteiger partial charge in [0.15, 0.2) is 0 Å². The fourth-order valence-electron chi connectivity index (χ4n) is 3.65. The van der Waals surface area contributed by atoms with Crippen molar-refractivity contribution in [3.05, 3.63) is 83.6 Å². The van der Waals surface area contributed by atoms with Crippen LogP contribution in [0, 0.1) is 0 Å². The summed E-state index contributed by atoms with van der Waals surface area (Å²) in [5.74, 6) is 0. The molecule has 3 rings (SSSR count). The van der Waals surface area contributed by atoms with Gasteiger partial charge in [-0.05, 0) is 31.4 Å². The van der Waals surface area contributed by atoms with E-state index < -0.39 is 8.80 Å². The fraction of sp³-hybridized carbons (Fsp3) is 0.304. The van der Waals surface area contributed by atoms with Gasteiger partial charge < -0.3 is 5.32 Å². The number of anilines is 1. The van der Waals surface area contributed by atoms with Crippen LogP contribution in [0.25, 0.3) is 0 Å². The zero-order valence-electron chi connectivity index (χ0n) is 15.2. The van der Waals surface area contributed by atoms with E-state index in [1.54, 1.807) is 16.0 Å². The molecule has 0 saturated heterocycles. The number of nitrogens with one attached hydrogen (secondary N) is 1. The maximum atomic E-state index is 3.71. The maximum Gasteiger partial charge on any atom is 0.118 e. The van der Waals surface area contributed by atoms with Crippen LogP contribution in [0.1, 0.15) is 39.0 Å². The lowest BCUT2D eigenvalue weighted by molar-refractivity contribution is 0.719. The average molecular weight is 348 g/mol. The molecule has 0 fully saturated rings. The molecule has 1 aliphatic carbocycles. The van der Waals surface area contributed by atoms with Crippen LogP contribution in [-0.2, 0) is 0 Å². The lowest BCUT2D eigenvalue weighted by Crippen LogP contribution is -2.40. The predicted molar refractivity (Wildman–Crippen MR) is 113 cm³/mol. The number of allylic oxidation sites excluding steroid dienone is 4. The molecular formula is C23H29NSi. The number of rotatable bonds is 9. The van der Waals surface area contributed by atoms with Crippen molar-refractivity contribution in [1.82, 2.24) is 0 Å². The van der Waals surface area contributed by atoms with Crippen LogP contribution in [0.5, 0.6) is 0 Å². The Morgan fingerprint density at radius 2 is 1.64 bits per heavy atom. The second-order valence-corrected chi connectivity index (χ2v) is 9.70. The van der Waals surface area contributed by atoms with Gasteiger partial charge in [-0.25, -0.2) is 0 Å². The average Bonchev–Trinajstić information content (AvgIpc) is 3.12. The standard InChI is InChI=1S/C23H29NSi/c1-2-3-6-12-20-13-11-18-23(20)25(22-16-9-5-10-17-22)19-24-21-14-7-4-8-15-21/h4-5,7-11,13-17,24-25H,2-3,6,12,18-19H2,1H3. The third kappa shape index (κ3) is 4.96. The Morgan fingerprint density at radius 3 is 2.36 bits per heavy atom.